The maximum absolute atomic E-state index is 11.2. The number of carbonyl (C=O) groups excluding carboxylic acids is 1. The van der Waals surface area contributed by atoms with Crippen molar-refractivity contribution in [2.75, 3.05) is 0 Å². The highest BCUT2D eigenvalue weighted by molar-refractivity contribution is 6.25. The zero-order valence-corrected chi connectivity index (χ0v) is 8.73. The molecule has 0 aliphatic carbocycles. The van der Waals surface area contributed by atoms with Gasteiger partial charge in [0.2, 0.25) is 0 Å². The largest absolute Gasteiger partial charge is 0.452 e. The first-order valence-corrected chi connectivity index (χ1v) is 4.80. The Bertz CT molecular complexity index is 260. The normalized spacial score (nSPS) is 27.9. The highest BCUT2D eigenvalue weighted by Crippen LogP contribution is 2.24. The van der Waals surface area contributed by atoms with Crippen molar-refractivity contribution in [3.8, 4) is 0 Å². The molecule has 0 amide bonds. The Hall–Kier alpha value is -0.580. The maximum atomic E-state index is 11.2. The fraction of sp³-hybridized carbons (Fsp3) is 0.667. The van der Waals surface area contributed by atoms with Crippen LogP contribution in [0, 0.1) is 0 Å². The van der Waals surface area contributed by atoms with Gasteiger partial charge in [0.1, 0.15) is 6.10 Å². The lowest BCUT2D eigenvalue weighted by atomic mass is 10.1. The van der Waals surface area contributed by atoms with Gasteiger partial charge < -0.3 is 14.9 Å². The molecule has 2 N–H and O–H groups in total. The number of esters is 1. The number of rotatable bonds is 3. The lowest BCUT2D eigenvalue weighted by Crippen LogP contribution is -2.23. The standard InChI is InChI=1S/C9H13ClO4/c1-4(11)7-3-6(9(13)14-7)8(10)5(2)12/h3-5,7-8,11-12H,1-2H3/t4-,5?,7-,8?/m0/s1. The molecule has 0 fully saturated rings. The quantitative estimate of drug-likeness (QED) is 0.527. The Balaban J connectivity index is 2.78. The average molecular weight is 221 g/mol. The second-order valence-corrected chi connectivity index (χ2v) is 3.85. The van der Waals surface area contributed by atoms with Crippen LogP contribution in [0.3, 0.4) is 0 Å². The van der Waals surface area contributed by atoms with Crippen molar-refractivity contribution in [3.63, 3.8) is 0 Å². The van der Waals surface area contributed by atoms with E-state index in [0.717, 1.165) is 0 Å². The molecule has 0 aromatic rings. The Morgan fingerprint density at radius 3 is 2.43 bits per heavy atom. The second kappa shape index (κ2) is 4.29. The molecule has 80 valence electrons. The zero-order valence-electron chi connectivity index (χ0n) is 7.98. The number of hydrogen-bond acceptors (Lipinski definition) is 4. The number of alkyl halides is 1. The summed E-state index contributed by atoms with van der Waals surface area (Å²) in [6, 6.07) is 0. The van der Waals surface area contributed by atoms with Crippen molar-refractivity contribution in [2.24, 2.45) is 0 Å². The minimum absolute atomic E-state index is 0.215. The number of carbonyl (C=O) groups is 1. The van der Waals surface area contributed by atoms with Gasteiger partial charge in [0.05, 0.1) is 23.2 Å². The van der Waals surface area contributed by atoms with Gasteiger partial charge in [0.15, 0.2) is 0 Å². The summed E-state index contributed by atoms with van der Waals surface area (Å²) < 4.78 is 4.83. The average Bonchev–Trinajstić information content (AvgIpc) is 2.46. The van der Waals surface area contributed by atoms with Gasteiger partial charge >= 0.3 is 5.97 Å². The summed E-state index contributed by atoms with van der Waals surface area (Å²) in [5.74, 6) is -0.572. The molecule has 2 unspecified atom stereocenters. The third-order valence-electron chi connectivity index (χ3n) is 2.02. The number of aliphatic hydroxyl groups excluding tert-OH is 2. The molecule has 1 heterocycles. The Labute approximate surface area is 87.1 Å². The van der Waals surface area contributed by atoms with Crippen LogP contribution in [0.5, 0.6) is 0 Å². The van der Waals surface area contributed by atoms with Gasteiger partial charge in [-0.3, -0.25) is 0 Å². The van der Waals surface area contributed by atoms with Crippen molar-refractivity contribution in [3.05, 3.63) is 11.6 Å². The lowest BCUT2D eigenvalue weighted by Gasteiger charge is -2.11. The topological polar surface area (TPSA) is 66.8 Å². The monoisotopic (exact) mass is 220 g/mol. The first-order valence-electron chi connectivity index (χ1n) is 4.36. The molecule has 0 radical (unpaired) electrons. The van der Waals surface area contributed by atoms with Crippen molar-refractivity contribution >= 4 is 17.6 Å². The van der Waals surface area contributed by atoms with Crippen LogP contribution in [0.1, 0.15) is 13.8 Å². The van der Waals surface area contributed by atoms with Crippen LogP contribution in [-0.4, -0.2) is 39.9 Å². The fourth-order valence-electron chi connectivity index (χ4n) is 1.17. The molecular formula is C9H13ClO4. The van der Waals surface area contributed by atoms with E-state index >= 15 is 0 Å². The number of cyclic esters (lactones) is 1. The van der Waals surface area contributed by atoms with Crippen LogP contribution < -0.4 is 0 Å². The highest BCUT2D eigenvalue weighted by Gasteiger charge is 2.34. The van der Waals surface area contributed by atoms with Crippen LogP contribution in [0.25, 0.3) is 0 Å². The molecule has 4 nitrogen and oxygen atoms in total. The molecule has 0 bridgehead atoms. The first kappa shape index (κ1) is 11.5. The second-order valence-electron chi connectivity index (χ2n) is 3.37. The minimum Gasteiger partial charge on any atom is -0.452 e. The van der Waals surface area contributed by atoms with Gasteiger partial charge in [-0.1, -0.05) is 0 Å². The summed E-state index contributed by atoms with van der Waals surface area (Å²) >= 11 is 5.79. The van der Waals surface area contributed by atoms with Gasteiger partial charge in [0.25, 0.3) is 0 Å². The minimum atomic E-state index is -0.830. The predicted molar refractivity (Wildman–Crippen MR) is 51.0 cm³/mol. The maximum Gasteiger partial charge on any atom is 0.336 e. The summed E-state index contributed by atoms with van der Waals surface area (Å²) in [6.07, 6.45) is -0.799. The molecule has 0 aromatic carbocycles. The summed E-state index contributed by atoms with van der Waals surface area (Å²) in [4.78, 5) is 11.2. The van der Waals surface area contributed by atoms with E-state index in [2.05, 4.69) is 0 Å². The highest BCUT2D eigenvalue weighted by atomic mass is 35.5. The number of aliphatic hydroxyl groups is 2. The van der Waals surface area contributed by atoms with E-state index in [0.29, 0.717) is 0 Å². The van der Waals surface area contributed by atoms with Crippen LogP contribution in [0.2, 0.25) is 0 Å². The Morgan fingerprint density at radius 1 is 1.50 bits per heavy atom. The van der Waals surface area contributed by atoms with Crippen LogP contribution in [-0.2, 0) is 9.53 Å². The third kappa shape index (κ3) is 2.26. The zero-order chi connectivity index (χ0) is 10.9. The number of halogens is 1. The van der Waals surface area contributed by atoms with E-state index < -0.39 is 29.7 Å². The van der Waals surface area contributed by atoms with E-state index in [1.807, 2.05) is 0 Å². The van der Waals surface area contributed by atoms with Crippen molar-refractivity contribution < 1.29 is 19.7 Å². The molecule has 0 spiro atoms. The van der Waals surface area contributed by atoms with Crippen LogP contribution in [0.4, 0.5) is 0 Å². The van der Waals surface area contributed by atoms with Gasteiger partial charge in [-0.25, -0.2) is 4.79 Å². The Kier molecular flexibility index (Phi) is 3.53. The number of ether oxygens (including phenoxy) is 1. The Morgan fingerprint density at radius 2 is 2.07 bits per heavy atom. The van der Waals surface area contributed by atoms with Crippen molar-refractivity contribution in [1.29, 1.82) is 0 Å². The lowest BCUT2D eigenvalue weighted by molar-refractivity contribution is -0.143. The van der Waals surface area contributed by atoms with Crippen LogP contribution in [0.15, 0.2) is 11.6 Å². The van der Waals surface area contributed by atoms with Gasteiger partial charge in [-0.2, -0.15) is 0 Å². The van der Waals surface area contributed by atoms with E-state index in [1.165, 1.54) is 19.9 Å². The molecule has 1 aliphatic rings. The molecule has 0 saturated heterocycles. The molecule has 5 heteroatoms. The van der Waals surface area contributed by atoms with Crippen molar-refractivity contribution in [2.45, 2.75) is 37.5 Å². The molecule has 0 aromatic heterocycles. The summed E-state index contributed by atoms with van der Waals surface area (Å²) in [5, 5.41) is 17.6. The fourth-order valence-corrected chi connectivity index (χ4v) is 1.33. The molecule has 4 atom stereocenters. The molecular weight excluding hydrogens is 208 g/mol. The summed E-state index contributed by atoms with van der Waals surface area (Å²) in [6.45, 7) is 3.00. The molecule has 1 rings (SSSR count). The predicted octanol–water partition coefficient (Wildman–Crippen LogP) is 0.207. The number of hydrogen-bond donors (Lipinski definition) is 2. The first-order chi connectivity index (χ1) is 6.43. The van der Waals surface area contributed by atoms with Gasteiger partial charge in [-0.15, -0.1) is 11.6 Å². The van der Waals surface area contributed by atoms with E-state index in [-0.39, 0.29) is 5.57 Å². The van der Waals surface area contributed by atoms with Crippen LogP contribution >= 0.6 is 11.6 Å². The SMILES string of the molecule is CC(O)C(Cl)C1=C[C@@H]([C@H](C)O)OC1=O. The molecule has 0 saturated carbocycles. The van der Waals surface area contributed by atoms with E-state index in [4.69, 9.17) is 16.3 Å². The van der Waals surface area contributed by atoms with E-state index in [1.54, 1.807) is 0 Å². The van der Waals surface area contributed by atoms with E-state index in [9.17, 15) is 15.0 Å². The molecule has 14 heavy (non-hydrogen) atoms. The van der Waals surface area contributed by atoms with Crippen molar-refractivity contribution in [1.82, 2.24) is 0 Å². The third-order valence-corrected chi connectivity index (χ3v) is 2.62. The summed E-state index contributed by atoms with van der Waals surface area (Å²) in [5.41, 5.74) is 0.215. The summed E-state index contributed by atoms with van der Waals surface area (Å²) in [7, 11) is 0. The van der Waals surface area contributed by atoms with Gasteiger partial charge in [0, 0.05) is 0 Å². The smallest absolute Gasteiger partial charge is 0.336 e. The van der Waals surface area contributed by atoms with Gasteiger partial charge in [-0.05, 0) is 19.9 Å². The molecule has 1 aliphatic heterocycles.